The lowest BCUT2D eigenvalue weighted by molar-refractivity contribution is -0.301. The van der Waals surface area contributed by atoms with E-state index in [9.17, 15) is 34.5 Å². The Morgan fingerprint density at radius 2 is 0.779 bits per heavy atom. The molecule has 1 rings (SSSR count). The molecule has 12 heteroatoms. The predicted octanol–water partition coefficient (Wildman–Crippen LogP) is 16.8. The van der Waals surface area contributed by atoms with Crippen LogP contribution in [0.25, 0.3) is 0 Å². The number of unbranched alkanes of at least 4 members (excludes halogenated alkanes) is 35. The fourth-order valence-corrected chi connectivity index (χ4v) is 9.75. The first-order valence-electron chi connectivity index (χ1n) is 32.0. The fraction of sp³-hybridized carbons (Fsp3) is 0.846. The molecule has 6 unspecified atom stereocenters. The topological polar surface area (TPSA) is 175 Å². The van der Waals surface area contributed by atoms with Crippen LogP contribution in [0.4, 0.5) is 0 Å². The highest BCUT2D eigenvalue weighted by Crippen LogP contribution is 2.27. The van der Waals surface area contributed by atoms with E-state index in [-0.39, 0.29) is 25.9 Å². The van der Waals surface area contributed by atoms with Gasteiger partial charge in [0.1, 0.15) is 18.8 Å². The Labute approximate surface area is 470 Å². The van der Waals surface area contributed by atoms with Crippen LogP contribution < -0.4 is 0 Å². The SMILES string of the molecule is CCCCC/C=C\C/C=C\CCCCCCCCCC(=O)OCC(COC1OC(C(=O)O)C(O)C(O)C1OC(=O)CCCCCCC/C=C\CCCCCC)OC(=O)CCCCCCCCCCCCCCCCCCC. The smallest absolute Gasteiger partial charge is 0.335 e. The minimum Gasteiger partial charge on any atom is -0.479 e. The van der Waals surface area contributed by atoms with Crippen molar-refractivity contribution in [3.8, 4) is 0 Å². The number of carbonyl (C=O) groups excluding carboxylic acids is 3. The summed E-state index contributed by atoms with van der Waals surface area (Å²) in [6.07, 6.45) is 51.0. The largest absolute Gasteiger partial charge is 0.479 e. The molecule has 3 N–H and O–H groups in total. The van der Waals surface area contributed by atoms with Gasteiger partial charge in [0.05, 0.1) is 6.61 Å². The molecule has 0 aromatic rings. The van der Waals surface area contributed by atoms with Gasteiger partial charge in [-0.1, -0.05) is 243 Å². The van der Waals surface area contributed by atoms with Crippen LogP contribution >= 0.6 is 0 Å². The Balaban J connectivity index is 2.66. The van der Waals surface area contributed by atoms with Crippen LogP contribution in [-0.4, -0.2) is 89.2 Å². The molecule has 0 aromatic heterocycles. The maximum atomic E-state index is 13.2. The highest BCUT2D eigenvalue weighted by atomic mass is 16.7. The zero-order valence-electron chi connectivity index (χ0n) is 49.5. The summed E-state index contributed by atoms with van der Waals surface area (Å²) in [5.41, 5.74) is 0. The lowest BCUT2D eigenvalue weighted by atomic mass is 9.98. The van der Waals surface area contributed by atoms with Crippen LogP contribution in [0.15, 0.2) is 36.5 Å². The van der Waals surface area contributed by atoms with Gasteiger partial charge < -0.3 is 39.0 Å². The standard InChI is InChI=1S/C65H116O12/c1-4-7-10-13-16-19-22-25-27-29-31-34-36-39-42-45-48-51-57(66)73-54-56(75-58(67)52-49-46-43-40-38-35-32-30-28-26-23-20-17-14-11-8-5-2)55-74-65-63(61(70)60(69)62(77-65)64(71)72)76-59(68)53-50-47-44-41-37-33-24-21-18-15-12-9-6-3/h16,19,21,24-25,27,56,60-63,65,69-70H,4-15,17-18,20,22-23,26,28-55H2,1-3H3,(H,71,72)/b19-16-,24-21-,27-25-. The molecule has 1 aliphatic heterocycles. The first-order valence-corrected chi connectivity index (χ1v) is 32.0. The zero-order chi connectivity index (χ0) is 56.1. The van der Waals surface area contributed by atoms with Gasteiger partial charge in [0.15, 0.2) is 24.6 Å². The number of aliphatic carboxylic acids is 1. The van der Waals surface area contributed by atoms with Gasteiger partial charge in [-0.05, 0) is 77.0 Å². The van der Waals surface area contributed by atoms with E-state index in [1.165, 1.54) is 148 Å². The van der Waals surface area contributed by atoms with Crippen molar-refractivity contribution in [3.05, 3.63) is 36.5 Å². The Morgan fingerprint density at radius 3 is 1.22 bits per heavy atom. The van der Waals surface area contributed by atoms with Crippen molar-refractivity contribution in [2.75, 3.05) is 13.2 Å². The van der Waals surface area contributed by atoms with Crippen molar-refractivity contribution in [1.29, 1.82) is 0 Å². The third-order valence-corrected chi connectivity index (χ3v) is 14.7. The highest BCUT2D eigenvalue weighted by Gasteiger charge is 2.50. The average Bonchev–Trinajstić information content (AvgIpc) is 3.42. The second-order valence-electron chi connectivity index (χ2n) is 22.0. The first kappa shape index (κ1) is 72.0. The van der Waals surface area contributed by atoms with E-state index in [4.69, 9.17) is 23.7 Å². The Hall–Kier alpha value is -3.06. The molecule has 12 nitrogen and oxygen atoms in total. The molecular formula is C65H116O12. The van der Waals surface area contributed by atoms with Crippen molar-refractivity contribution in [3.63, 3.8) is 0 Å². The Bertz CT molecular complexity index is 1480. The van der Waals surface area contributed by atoms with Gasteiger partial charge in [-0.2, -0.15) is 0 Å². The molecule has 1 saturated heterocycles. The molecule has 0 radical (unpaired) electrons. The van der Waals surface area contributed by atoms with Crippen molar-refractivity contribution in [2.24, 2.45) is 0 Å². The van der Waals surface area contributed by atoms with Crippen molar-refractivity contribution < 1.29 is 58.2 Å². The van der Waals surface area contributed by atoms with Gasteiger partial charge in [-0.15, -0.1) is 0 Å². The number of carbonyl (C=O) groups is 4. The van der Waals surface area contributed by atoms with Crippen molar-refractivity contribution >= 4 is 23.9 Å². The summed E-state index contributed by atoms with van der Waals surface area (Å²) in [5.74, 6) is -3.11. The van der Waals surface area contributed by atoms with Crippen LogP contribution in [0.1, 0.15) is 303 Å². The van der Waals surface area contributed by atoms with E-state index in [2.05, 4.69) is 57.2 Å². The van der Waals surface area contributed by atoms with Crippen molar-refractivity contribution in [1.82, 2.24) is 0 Å². The molecular weight excluding hydrogens is 973 g/mol. The van der Waals surface area contributed by atoms with Gasteiger partial charge in [0.2, 0.25) is 0 Å². The summed E-state index contributed by atoms with van der Waals surface area (Å²) in [5, 5.41) is 31.5. The number of carboxylic acid groups (broad SMARTS) is 1. The number of aliphatic hydroxyl groups excluding tert-OH is 2. The molecule has 448 valence electrons. The molecule has 0 aliphatic carbocycles. The van der Waals surface area contributed by atoms with E-state index in [1.54, 1.807) is 0 Å². The molecule has 0 amide bonds. The molecule has 6 atom stereocenters. The molecule has 1 fully saturated rings. The molecule has 0 saturated carbocycles. The zero-order valence-corrected chi connectivity index (χ0v) is 49.5. The van der Waals surface area contributed by atoms with E-state index in [0.29, 0.717) is 19.3 Å². The number of hydrogen-bond donors (Lipinski definition) is 3. The second kappa shape index (κ2) is 53.6. The monoisotopic (exact) mass is 1090 g/mol. The number of aliphatic hydroxyl groups is 2. The maximum absolute atomic E-state index is 13.2. The van der Waals surface area contributed by atoms with Crippen LogP contribution in [-0.2, 0) is 42.9 Å². The Kier molecular flexibility index (Phi) is 50.1. The van der Waals surface area contributed by atoms with E-state index < -0.39 is 67.3 Å². The normalized spacial score (nSPS) is 18.2. The minimum absolute atomic E-state index is 0.0528. The number of ether oxygens (including phenoxy) is 5. The summed E-state index contributed by atoms with van der Waals surface area (Å²) in [7, 11) is 0. The lowest BCUT2D eigenvalue weighted by Crippen LogP contribution is -2.61. The lowest BCUT2D eigenvalue weighted by Gasteiger charge is -2.40. The fourth-order valence-electron chi connectivity index (χ4n) is 9.75. The number of hydrogen-bond acceptors (Lipinski definition) is 11. The quantitative estimate of drug-likeness (QED) is 0.0228. The van der Waals surface area contributed by atoms with Crippen LogP contribution in [0.3, 0.4) is 0 Å². The minimum atomic E-state index is -1.90. The molecule has 0 bridgehead atoms. The van der Waals surface area contributed by atoms with Gasteiger partial charge in [0.25, 0.3) is 0 Å². The summed E-state index contributed by atoms with van der Waals surface area (Å²) in [4.78, 5) is 51.2. The van der Waals surface area contributed by atoms with E-state index in [1.807, 2.05) is 0 Å². The van der Waals surface area contributed by atoms with Gasteiger partial charge in [-0.25, -0.2) is 4.79 Å². The van der Waals surface area contributed by atoms with Crippen molar-refractivity contribution in [2.45, 2.75) is 340 Å². The third kappa shape index (κ3) is 43.4. The van der Waals surface area contributed by atoms with E-state index in [0.717, 1.165) is 96.3 Å². The summed E-state index contributed by atoms with van der Waals surface area (Å²) in [6.45, 7) is 5.98. The number of carboxylic acids is 1. The summed E-state index contributed by atoms with van der Waals surface area (Å²) in [6, 6.07) is 0. The number of rotatable bonds is 55. The molecule has 0 aromatic carbocycles. The molecule has 1 aliphatic rings. The van der Waals surface area contributed by atoms with Gasteiger partial charge >= 0.3 is 23.9 Å². The summed E-state index contributed by atoms with van der Waals surface area (Å²) < 4.78 is 28.5. The summed E-state index contributed by atoms with van der Waals surface area (Å²) >= 11 is 0. The van der Waals surface area contributed by atoms with E-state index >= 15 is 0 Å². The first-order chi connectivity index (χ1) is 37.6. The van der Waals surface area contributed by atoms with Gasteiger partial charge in [-0.3, -0.25) is 14.4 Å². The van der Waals surface area contributed by atoms with Crippen LogP contribution in [0.2, 0.25) is 0 Å². The number of esters is 3. The Morgan fingerprint density at radius 1 is 0.429 bits per heavy atom. The second-order valence-corrected chi connectivity index (χ2v) is 22.0. The highest BCUT2D eigenvalue weighted by molar-refractivity contribution is 5.74. The van der Waals surface area contributed by atoms with Crippen LogP contribution in [0.5, 0.6) is 0 Å². The average molecular weight is 1090 g/mol. The number of allylic oxidation sites excluding steroid dienone is 6. The molecule has 1 heterocycles. The van der Waals surface area contributed by atoms with Gasteiger partial charge in [0, 0.05) is 19.3 Å². The maximum Gasteiger partial charge on any atom is 0.335 e. The molecule has 77 heavy (non-hydrogen) atoms. The molecule has 0 spiro atoms. The predicted molar refractivity (Wildman–Crippen MR) is 313 cm³/mol. The third-order valence-electron chi connectivity index (χ3n) is 14.7. The van der Waals surface area contributed by atoms with Crippen LogP contribution in [0, 0.1) is 0 Å².